The molecular weight excluding hydrogens is 404 g/mol. The Hall–Kier alpha value is -2.85. The van der Waals surface area contributed by atoms with Crippen LogP contribution in [-0.2, 0) is 27.9 Å². The Morgan fingerprint density at radius 2 is 2.00 bits per heavy atom. The van der Waals surface area contributed by atoms with Crippen LogP contribution in [0, 0.1) is 0 Å². The van der Waals surface area contributed by atoms with Gasteiger partial charge in [-0.3, -0.25) is 9.78 Å². The molecular formula is C20H24N6O3S. The summed E-state index contributed by atoms with van der Waals surface area (Å²) in [5.74, 6) is -0.0396. The lowest BCUT2D eigenvalue weighted by Crippen LogP contribution is -2.27. The summed E-state index contributed by atoms with van der Waals surface area (Å²) >= 11 is 0. The van der Waals surface area contributed by atoms with Gasteiger partial charge in [0.25, 0.3) is 0 Å². The predicted molar refractivity (Wildman–Crippen MR) is 111 cm³/mol. The number of carbonyl (C=O) groups is 1. The molecule has 0 radical (unpaired) electrons. The van der Waals surface area contributed by atoms with E-state index in [0.717, 1.165) is 23.9 Å². The van der Waals surface area contributed by atoms with Crippen LogP contribution in [-0.4, -0.2) is 51.7 Å². The minimum absolute atomic E-state index is 0.0396. The van der Waals surface area contributed by atoms with E-state index in [1.165, 1.54) is 4.31 Å². The fourth-order valence-electron chi connectivity index (χ4n) is 3.54. The van der Waals surface area contributed by atoms with Crippen molar-refractivity contribution in [2.45, 2.75) is 43.7 Å². The highest BCUT2D eigenvalue weighted by Gasteiger charge is 2.27. The lowest BCUT2D eigenvalue weighted by molar-refractivity contribution is -0.121. The Kier molecular flexibility index (Phi) is 6.05. The molecule has 30 heavy (non-hydrogen) atoms. The van der Waals surface area contributed by atoms with Crippen LogP contribution in [0.5, 0.6) is 0 Å². The molecule has 4 rings (SSSR count). The third-order valence-corrected chi connectivity index (χ3v) is 7.07. The number of pyridine rings is 1. The first-order chi connectivity index (χ1) is 14.5. The van der Waals surface area contributed by atoms with Gasteiger partial charge in [-0.25, -0.2) is 13.1 Å². The second-order valence-electron chi connectivity index (χ2n) is 7.32. The molecule has 1 N–H and O–H groups in total. The molecule has 10 heteroatoms. The normalized spacial score (nSPS) is 14.9. The van der Waals surface area contributed by atoms with Gasteiger partial charge < -0.3 is 5.32 Å². The molecule has 0 aliphatic carbocycles. The zero-order chi connectivity index (χ0) is 21.0. The summed E-state index contributed by atoms with van der Waals surface area (Å²) in [5, 5.41) is 11.1. The summed E-state index contributed by atoms with van der Waals surface area (Å²) in [6.07, 6.45) is 6.17. The quantitative estimate of drug-likeness (QED) is 0.585. The Labute approximate surface area is 175 Å². The summed E-state index contributed by atoms with van der Waals surface area (Å²) in [6, 6.07) is 8.66. The van der Waals surface area contributed by atoms with Crippen molar-refractivity contribution in [1.82, 2.24) is 29.6 Å². The number of hydrogen-bond donors (Lipinski definition) is 1. The van der Waals surface area contributed by atoms with E-state index in [1.54, 1.807) is 35.3 Å². The van der Waals surface area contributed by atoms with E-state index in [-0.39, 0.29) is 10.8 Å². The van der Waals surface area contributed by atoms with E-state index in [1.807, 2.05) is 12.1 Å². The van der Waals surface area contributed by atoms with E-state index >= 15 is 0 Å². The van der Waals surface area contributed by atoms with Crippen molar-refractivity contribution >= 4 is 27.0 Å². The number of fused-ring (bicyclic) bond motifs is 1. The number of rotatable bonds is 8. The molecule has 0 saturated carbocycles. The van der Waals surface area contributed by atoms with E-state index < -0.39 is 10.0 Å². The Bertz CT molecular complexity index is 1120. The summed E-state index contributed by atoms with van der Waals surface area (Å²) in [6.45, 7) is 2.11. The van der Waals surface area contributed by atoms with E-state index in [4.69, 9.17) is 0 Å². The molecule has 1 aromatic carbocycles. The van der Waals surface area contributed by atoms with Gasteiger partial charge in [-0.15, -0.1) is 5.10 Å². The number of aromatic nitrogens is 4. The molecule has 0 spiro atoms. The molecule has 0 unspecified atom stereocenters. The Morgan fingerprint density at radius 3 is 2.77 bits per heavy atom. The maximum atomic E-state index is 12.7. The Morgan fingerprint density at radius 1 is 1.17 bits per heavy atom. The molecule has 3 aromatic rings. The highest BCUT2D eigenvalue weighted by molar-refractivity contribution is 7.89. The van der Waals surface area contributed by atoms with Gasteiger partial charge in [0.2, 0.25) is 15.9 Å². The highest BCUT2D eigenvalue weighted by atomic mass is 32.2. The molecule has 1 fully saturated rings. The van der Waals surface area contributed by atoms with Gasteiger partial charge in [0.05, 0.1) is 10.4 Å². The van der Waals surface area contributed by atoms with Crippen LogP contribution in [0.25, 0.3) is 11.0 Å². The van der Waals surface area contributed by atoms with Crippen molar-refractivity contribution in [3.8, 4) is 0 Å². The predicted octanol–water partition coefficient (Wildman–Crippen LogP) is 1.71. The average Bonchev–Trinajstić information content (AvgIpc) is 3.43. The summed E-state index contributed by atoms with van der Waals surface area (Å²) in [4.78, 5) is 16.3. The number of sulfonamides is 1. The van der Waals surface area contributed by atoms with Crippen molar-refractivity contribution in [3.05, 3.63) is 48.3 Å². The van der Waals surface area contributed by atoms with Crippen molar-refractivity contribution in [2.75, 3.05) is 13.1 Å². The SMILES string of the molecule is O=C(CCCn1nnc2cc(S(=O)(=O)N3CCCC3)ccc21)NCc1cccnc1. The van der Waals surface area contributed by atoms with Gasteiger partial charge in [0.1, 0.15) is 5.52 Å². The molecule has 1 saturated heterocycles. The molecule has 1 amide bonds. The molecule has 3 heterocycles. The summed E-state index contributed by atoms with van der Waals surface area (Å²) in [7, 11) is -3.48. The number of nitrogens with one attached hydrogen (secondary N) is 1. The van der Waals surface area contributed by atoms with Gasteiger partial charge in [-0.2, -0.15) is 4.31 Å². The first kappa shape index (κ1) is 20.4. The first-order valence-corrected chi connectivity index (χ1v) is 11.5. The standard InChI is InChI=1S/C20H24N6O3S/c27-20(22-15-16-5-3-9-21-14-16)6-4-12-26-19-8-7-17(13-18(19)23-24-26)30(28,29)25-10-1-2-11-25/h3,5,7-9,13-14H,1-2,4,6,10-12,15H2,(H,22,27). The first-order valence-electron chi connectivity index (χ1n) is 10.0. The molecule has 2 aromatic heterocycles. The van der Waals surface area contributed by atoms with Crippen molar-refractivity contribution < 1.29 is 13.2 Å². The molecule has 9 nitrogen and oxygen atoms in total. The van der Waals surface area contributed by atoms with Gasteiger partial charge in [-0.1, -0.05) is 11.3 Å². The van der Waals surface area contributed by atoms with Crippen molar-refractivity contribution in [3.63, 3.8) is 0 Å². The number of aryl methyl sites for hydroxylation is 1. The second-order valence-corrected chi connectivity index (χ2v) is 9.25. The van der Waals surface area contributed by atoms with Gasteiger partial charge >= 0.3 is 0 Å². The number of benzene rings is 1. The van der Waals surface area contributed by atoms with Crippen LogP contribution >= 0.6 is 0 Å². The van der Waals surface area contributed by atoms with Gasteiger partial charge in [0, 0.05) is 45.0 Å². The van der Waals surface area contributed by atoms with E-state index in [9.17, 15) is 13.2 Å². The van der Waals surface area contributed by atoms with E-state index in [0.29, 0.717) is 44.5 Å². The zero-order valence-corrected chi connectivity index (χ0v) is 17.4. The van der Waals surface area contributed by atoms with Crippen LogP contribution < -0.4 is 5.32 Å². The maximum Gasteiger partial charge on any atom is 0.243 e. The average molecular weight is 429 g/mol. The minimum Gasteiger partial charge on any atom is -0.352 e. The largest absolute Gasteiger partial charge is 0.352 e. The summed E-state index contributed by atoms with van der Waals surface area (Å²) < 4.78 is 28.7. The lowest BCUT2D eigenvalue weighted by Gasteiger charge is -2.15. The lowest BCUT2D eigenvalue weighted by atomic mass is 10.2. The van der Waals surface area contributed by atoms with Crippen LogP contribution in [0.1, 0.15) is 31.2 Å². The van der Waals surface area contributed by atoms with Crippen molar-refractivity contribution in [2.24, 2.45) is 0 Å². The van der Waals surface area contributed by atoms with Crippen LogP contribution in [0.2, 0.25) is 0 Å². The number of hydrogen-bond acceptors (Lipinski definition) is 6. The van der Waals surface area contributed by atoms with Crippen molar-refractivity contribution in [1.29, 1.82) is 0 Å². The third-order valence-electron chi connectivity index (χ3n) is 5.17. The molecule has 0 bridgehead atoms. The summed E-state index contributed by atoms with van der Waals surface area (Å²) in [5.41, 5.74) is 2.25. The minimum atomic E-state index is -3.48. The fourth-order valence-corrected chi connectivity index (χ4v) is 5.07. The van der Waals surface area contributed by atoms with Gasteiger partial charge in [0.15, 0.2) is 0 Å². The number of nitrogens with zero attached hydrogens (tertiary/aromatic N) is 5. The number of carbonyl (C=O) groups excluding carboxylic acids is 1. The second kappa shape index (κ2) is 8.88. The number of amides is 1. The smallest absolute Gasteiger partial charge is 0.243 e. The topological polar surface area (TPSA) is 110 Å². The molecule has 1 aliphatic heterocycles. The van der Waals surface area contributed by atoms with Gasteiger partial charge in [-0.05, 0) is 49.1 Å². The maximum absolute atomic E-state index is 12.7. The molecule has 0 atom stereocenters. The third kappa shape index (κ3) is 4.49. The molecule has 1 aliphatic rings. The van der Waals surface area contributed by atoms with Crippen LogP contribution in [0.4, 0.5) is 0 Å². The Balaban J connectivity index is 1.34. The fraction of sp³-hybridized carbons (Fsp3) is 0.400. The molecule has 158 valence electrons. The van der Waals surface area contributed by atoms with Crippen LogP contribution in [0.3, 0.4) is 0 Å². The monoisotopic (exact) mass is 428 g/mol. The zero-order valence-electron chi connectivity index (χ0n) is 16.6. The highest BCUT2D eigenvalue weighted by Crippen LogP contribution is 2.23. The van der Waals surface area contributed by atoms with Crippen LogP contribution in [0.15, 0.2) is 47.6 Å². The van der Waals surface area contributed by atoms with E-state index in [2.05, 4.69) is 20.6 Å².